The normalized spacial score (nSPS) is 16.1. The van der Waals surface area contributed by atoms with Crippen LogP contribution >= 0.6 is 12.2 Å². The van der Waals surface area contributed by atoms with Crippen LogP contribution in [0.3, 0.4) is 0 Å². The third-order valence-corrected chi connectivity index (χ3v) is 2.30. The number of nitrogens with zero attached hydrogens (tertiary/aromatic N) is 2. The van der Waals surface area contributed by atoms with Crippen LogP contribution in [0.15, 0.2) is 0 Å². The molecule has 1 fully saturated rings. The van der Waals surface area contributed by atoms with Gasteiger partial charge in [-0.15, -0.1) is 0 Å². The Morgan fingerprint density at radius 3 is 2.14 bits per heavy atom. The van der Waals surface area contributed by atoms with E-state index in [0.717, 1.165) is 11.5 Å². The Morgan fingerprint density at radius 1 is 1.43 bits per heavy atom. The van der Waals surface area contributed by atoms with Crippen LogP contribution in [0.1, 0.15) is 34.6 Å². The van der Waals surface area contributed by atoms with Crippen molar-refractivity contribution in [2.45, 2.75) is 40.7 Å². The molecule has 0 aromatic carbocycles. The minimum Gasteiger partial charge on any atom is -0.318 e. The van der Waals surface area contributed by atoms with Crippen LogP contribution in [0.25, 0.3) is 0 Å². The Balaban J connectivity index is 0.000000791. The molecule has 0 spiro atoms. The Kier molecular flexibility index (Phi) is 5.69. The highest BCUT2D eigenvalue weighted by Gasteiger charge is 2.33. The average Bonchev–Trinajstić information content (AvgIpc) is 2.44. The van der Waals surface area contributed by atoms with Crippen molar-refractivity contribution in [2.24, 2.45) is 0 Å². The predicted octanol–water partition coefficient (Wildman–Crippen LogP) is 2.51. The van der Waals surface area contributed by atoms with Crippen molar-refractivity contribution >= 4 is 23.2 Å². The van der Waals surface area contributed by atoms with Crippen molar-refractivity contribution in [3.63, 3.8) is 0 Å². The summed E-state index contributed by atoms with van der Waals surface area (Å²) >= 11 is 5.10. The molecule has 0 aromatic heterocycles. The molecule has 0 saturated carbocycles. The van der Waals surface area contributed by atoms with Gasteiger partial charge in [0.1, 0.15) is 4.99 Å². The number of likely N-dealkylation sites (N-methyl/N-ethyl adjacent to an activating group) is 1. The summed E-state index contributed by atoms with van der Waals surface area (Å²) in [5, 5.41) is 0. The highest BCUT2D eigenvalue weighted by Crippen LogP contribution is 2.14. The molecule has 0 radical (unpaired) electrons. The molecule has 14 heavy (non-hydrogen) atoms. The lowest BCUT2D eigenvalue weighted by Gasteiger charge is -2.20. The van der Waals surface area contributed by atoms with Crippen LogP contribution in [0.4, 0.5) is 4.79 Å². The number of thiocarbonyl (C=S) groups is 1. The molecular weight excluding hydrogens is 196 g/mol. The maximum Gasteiger partial charge on any atom is 0.325 e. The van der Waals surface area contributed by atoms with Crippen LogP contribution in [0.2, 0.25) is 0 Å². The Labute approximate surface area is 92.1 Å². The largest absolute Gasteiger partial charge is 0.325 e. The molecule has 82 valence electrons. The lowest BCUT2D eigenvalue weighted by atomic mass is 10.3. The second kappa shape index (κ2) is 5.96. The van der Waals surface area contributed by atoms with Gasteiger partial charge in [0.15, 0.2) is 0 Å². The van der Waals surface area contributed by atoms with Gasteiger partial charge in [0.05, 0.1) is 6.54 Å². The lowest BCUT2D eigenvalue weighted by Crippen LogP contribution is -2.37. The van der Waals surface area contributed by atoms with Gasteiger partial charge in [-0.05, 0) is 20.8 Å². The first-order valence-corrected chi connectivity index (χ1v) is 5.59. The summed E-state index contributed by atoms with van der Waals surface area (Å²) in [5.74, 6) is 0. The lowest BCUT2D eigenvalue weighted by molar-refractivity contribution is 0.192. The molecule has 0 aromatic rings. The summed E-state index contributed by atoms with van der Waals surface area (Å²) in [4.78, 5) is 15.7. The monoisotopic (exact) mass is 216 g/mol. The molecular formula is C10H20N2OS. The summed E-state index contributed by atoms with van der Waals surface area (Å²) in [7, 11) is 0. The van der Waals surface area contributed by atoms with Crippen LogP contribution in [0.5, 0.6) is 0 Å². The van der Waals surface area contributed by atoms with E-state index in [9.17, 15) is 4.79 Å². The molecule has 1 aliphatic heterocycles. The molecule has 1 saturated heterocycles. The first-order valence-electron chi connectivity index (χ1n) is 5.19. The summed E-state index contributed by atoms with van der Waals surface area (Å²) in [6.45, 7) is 11.3. The van der Waals surface area contributed by atoms with E-state index in [2.05, 4.69) is 0 Å². The Morgan fingerprint density at radius 2 is 1.93 bits per heavy atom. The maximum atomic E-state index is 11.6. The van der Waals surface area contributed by atoms with E-state index in [1.54, 1.807) is 9.80 Å². The third kappa shape index (κ3) is 2.67. The van der Waals surface area contributed by atoms with Crippen molar-refractivity contribution in [3.05, 3.63) is 0 Å². The van der Waals surface area contributed by atoms with Gasteiger partial charge < -0.3 is 4.90 Å². The van der Waals surface area contributed by atoms with Crippen LogP contribution in [-0.4, -0.2) is 40.0 Å². The van der Waals surface area contributed by atoms with E-state index in [-0.39, 0.29) is 12.1 Å². The molecule has 0 N–H and O–H groups in total. The van der Waals surface area contributed by atoms with E-state index in [1.807, 2.05) is 34.6 Å². The highest BCUT2D eigenvalue weighted by molar-refractivity contribution is 7.80. The van der Waals surface area contributed by atoms with Crippen molar-refractivity contribution < 1.29 is 4.79 Å². The van der Waals surface area contributed by atoms with Gasteiger partial charge in [0.25, 0.3) is 0 Å². The molecule has 4 heteroatoms. The zero-order valence-electron chi connectivity index (χ0n) is 9.70. The van der Waals surface area contributed by atoms with Gasteiger partial charge in [-0.3, -0.25) is 4.90 Å². The SMILES string of the molecule is CC.CCN1CC(=S)N(C(C)C)C1=O. The Hall–Kier alpha value is -0.640. The van der Waals surface area contributed by atoms with Crippen molar-refractivity contribution in [3.8, 4) is 0 Å². The van der Waals surface area contributed by atoms with Gasteiger partial charge in [-0.1, -0.05) is 26.1 Å². The van der Waals surface area contributed by atoms with E-state index >= 15 is 0 Å². The fourth-order valence-corrected chi connectivity index (χ4v) is 1.77. The number of hydrogen-bond acceptors (Lipinski definition) is 2. The molecule has 0 atom stereocenters. The van der Waals surface area contributed by atoms with E-state index in [1.165, 1.54) is 0 Å². The molecule has 1 heterocycles. The first kappa shape index (κ1) is 13.4. The fraction of sp³-hybridized carbons (Fsp3) is 0.800. The molecule has 0 unspecified atom stereocenters. The number of hydrogen-bond donors (Lipinski definition) is 0. The van der Waals surface area contributed by atoms with Gasteiger partial charge in [-0.25, -0.2) is 4.79 Å². The first-order chi connectivity index (χ1) is 6.57. The molecule has 1 rings (SSSR count). The summed E-state index contributed by atoms with van der Waals surface area (Å²) in [6, 6.07) is 0.235. The summed E-state index contributed by atoms with van der Waals surface area (Å²) in [5.41, 5.74) is 0. The number of amides is 2. The second-order valence-corrected chi connectivity index (χ2v) is 3.63. The average molecular weight is 216 g/mol. The second-order valence-electron chi connectivity index (χ2n) is 3.15. The molecule has 0 aliphatic carbocycles. The third-order valence-electron chi connectivity index (χ3n) is 1.97. The molecule has 1 aliphatic rings. The topological polar surface area (TPSA) is 23.6 Å². The maximum absolute atomic E-state index is 11.6. The highest BCUT2D eigenvalue weighted by atomic mass is 32.1. The van der Waals surface area contributed by atoms with Crippen LogP contribution in [0, 0.1) is 0 Å². The van der Waals surface area contributed by atoms with E-state index in [4.69, 9.17) is 12.2 Å². The zero-order valence-corrected chi connectivity index (χ0v) is 10.5. The standard InChI is InChI=1S/C8H14N2OS.C2H6/c1-4-9-5-7(12)10(6(2)3)8(9)11;1-2/h6H,4-5H2,1-3H3;1-2H3. The van der Waals surface area contributed by atoms with Crippen LogP contribution in [-0.2, 0) is 0 Å². The van der Waals surface area contributed by atoms with Gasteiger partial charge >= 0.3 is 6.03 Å². The minimum absolute atomic E-state index is 0.0532. The number of carbonyl (C=O) groups is 1. The Bertz CT molecular complexity index is 216. The summed E-state index contributed by atoms with van der Waals surface area (Å²) in [6.07, 6.45) is 0. The van der Waals surface area contributed by atoms with Crippen molar-refractivity contribution in [1.82, 2.24) is 9.80 Å². The van der Waals surface area contributed by atoms with Crippen LogP contribution < -0.4 is 0 Å². The van der Waals surface area contributed by atoms with Gasteiger partial charge in [-0.2, -0.15) is 0 Å². The molecule has 0 bridgehead atoms. The summed E-state index contributed by atoms with van der Waals surface area (Å²) < 4.78 is 0. The van der Waals surface area contributed by atoms with Crippen molar-refractivity contribution in [2.75, 3.05) is 13.1 Å². The number of carbonyl (C=O) groups excluding carboxylic acids is 1. The van der Waals surface area contributed by atoms with Gasteiger partial charge in [0.2, 0.25) is 0 Å². The van der Waals surface area contributed by atoms with Gasteiger partial charge in [0, 0.05) is 12.6 Å². The number of urea groups is 1. The number of rotatable bonds is 2. The quantitative estimate of drug-likeness (QED) is 0.662. The fourth-order valence-electron chi connectivity index (χ4n) is 1.32. The van der Waals surface area contributed by atoms with E-state index < -0.39 is 0 Å². The predicted molar refractivity (Wildman–Crippen MR) is 63.6 cm³/mol. The smallest absolute Gasteiger partial charge is 0.318 e. The van der Waals surface area contributed by atoms with E-state index in [0.29, 0.717) is 6.54 Å². The minimum atomic E-state index is 0.0532. The van der Waals surface area contributed by atoms with Crippen molar-refractivity contribution in [1.29, 1.82) is 0 Å². The molecule has 3 nitrogen and oxygen atoms in total. The molecule has 2 amide bonds. The zero-order chi connectivity index (χ0) is 11.3.